The van der Waals surface area contributed by atoms with Crippen molar-refractivity contribution in [1.29, 1.82) is 0 Å². The molecule has 0 unspecified atom stereocenters. The number of rotatable bonds is 5. The van der Waals surface area contributed by atoms with E-state index in [4.69, 9.17) is 21.3 Å². The van der Waals surface area contributed by atoms with Crippen LogP contribution in [0.15, 0.2) is 42.7 Å². The average molecular weight is 443 g/mol. The third kappa shape index (κ3) is 5.76. The van der Waals surface area contributed by atoms with Gasteiger partial charge in [-0.05, 0) is 44.1 Å². The number of nitrogens with zero attached hydrogens (tertiary/aromatic N) is 3. The summed E-state index contributed by atoms with van der Waals surface area (Å²) in [6, 6.07) is 9.70. The molecule has 166 valence electrons. The second kappa shape index (κ2) is 11.1. The number of hydrogen-bond donors (Lipinski definition) is 1. The second-order valence-corrected chi connectivity index (χ2v) is 8.01. The highest BCUT2D eigenvalue weighted by Crippen LogP contribution is 2.36. The molecule has 0 aliphatic heterocycles. The van der Waals surface area contributed by atoms with E-state index in [2.05, 4.69) is 14.7 Å². The highest BCUT2D eigenvalue weighted by atomic mass is 35.5. The molecule has 1 aromatic carbocycles. The normalized spacial score (nSPS) is 18.2. The first-order valence-corrected chi connectivity index (χ1v) is 11.4. The van der Waals surface area contributed by atoms with Crippen molar-refractivity contribution in [1.82, 2.24) is 19.7 Å². The van der Waals surface area contributed by atoms with Gasteiger partial charge in [0.25, 0.3) is 0 Å². The zero-order chi connectivity index (χ0) is 22.2. The molecule has 0 radical (unpaired) electrons. The van der Waals surface area contributed by atoms with Crippen LogP contribution in [0.25, 0.3) is 5.52 Å². The minimum absolute atomic E-state index is 0.295. The Balaban J connectivity index is 0.00000132. The van der Waals surface area contributed by atoms with E-state index in [1.54, 1.807) is 6.20 Å². The van der Waals surface area contributed by atoms with Crippen LogP contribution < -0.4 is 5.32 Å². The Bertz CT molecular complexity index is 982. The number of amides is 1. The predicted molar refractivity (Wildman–Crippen MR) is 123 cm³/mol. The smallest absolute Gasteiger partial charge is 0.407 e. The van der Waals surface area contributed by atoms with Crippen molar-refractivity contribution in [2.24, 2.45) is 5.92 Å². The van der Waals surface area contributed by atoms with Gasteiger partial charge in [-0.3, -0.25) is 4.40 Å². The molecule has 0 atom stereocenters. The first-order valence-electron chi connectivity index (χ1n) is 11.1. The Hall–Kier alpha value is -2.60. The van der Waals surface area contributed by atoms with Crippen molar-refractivity contribution in [2.45, 2.75) is 59.0 Å². The van der Waals surface area contributed by atoms with Crippen LogP contribution in [0.4, 0.5) is 4.79 Å². The molecule has 1 fully saturated rings. The van der Waals surface area contributed by atoms with Gasteiger partial charge in [-0.2, -0.15) is 0 Å². The van der Waals surface area contributed by atoms with Crippen LogP contribution in [0.3, 0.4) is 0 Å². The first kappa shape index (κ1) is 23.1. The number of fused-ring (bicyclic) bond motifs is 1. The van der Waals surface area contributed by atoms with Crippen LogP contribution in [-0.4, -0.2) is 27.0 Å². The number of carbonyl (C=O) groups excluding carboxylic acids is 1. The molecular formula is C24H31ClN4O2. The van der Waals surface area contributed by atoms with Gasteiger partial charge in [0.1, 0.15) is 17.9 Å². The van der Waals surface area contributed by atoms with Crippen LogP contribution in [0, 0.1) is 12.8 Å². The van der Waals surface area contributed by atoms with E-state index in [1.165, 1.54) is 0 Å². The first-order chi connectivity index (χ1) is 15.1. The topological polar surface area (TPSA) is 68.5 Å². The van der Waals surface area contributed by atoms with Crippen molar-refractivity contribution < 1.29 is 9.53 Å². The van der Waals surface area contributed by atoms with E-state index in [0.29, 0.717) is 30.1 Å². The molecule has 1 aliphatic rings. The SMILES string of the molecule is CC.Cc1nc(C2CCC(CNC(=O)OCc3ccccc3)CC2)n2ccnc(Cl)c12. The highest BCUT2D eigenvalue weighted by Gasteiger charge is 2.26. The third-order valence-electron chi connectivity index (χ3n) is 5.67. The van der Waals surface area contributed by atoms with Gasteiger partial charge in [-0.15, -0.1) is 0 Å². The second-order valence-electron chi connectivity index (χ2n) is 7.65. The molecule has 7 heteroatoms. The van der Waals surface area contributed by atoms with Gasteiger partial charge in [-0.25, -0.2) is 14.8 Å². The number of carbonyl (C=O) groups is 1. The van der Waals surface area contributed by atoms with Gasteiger partial charge in [0.05, 0.1) is 5.69 Å². The number of imidazole rings is 1. The Kier molecular flexibility index (Phi) is 8.29. The Morgan fingerprint density at radius 2 is 1.90 bits per heavy atom. The monoisotopic (exact) mass is 442 g/mol. The van der Waals surface area contributed by atoms with Crippen LogP contribution >= 0.6 is 11.6 Å². The summed E-state index contributed by atoms with van der Waals surface area (Å²) in [7, 11) is 0. The van der Waals surface area contributed by atoms with Crippen molar-refractivity contribution in [3.63, 3.8) is 0 Å². The molecule has 3 aromatic rings. The molecule has 1 N–H and O–H groups in total. The number of nitrogens with one attached hydrogen (secondary N) is 1. The molecule has 1 aliphatic carbocycles. The Labute approximate surface area is 189 Å². The van der Waals surface area contributed by atoms with Gasteiger partial charge in [-0.1, -0.05) is 55.8 Å². The lowest BCUT2D eigenvalue weighted by Crippen LogP contribution is -2.31. The van der Waals surface area contributed by atoms with Crippen molar-refractivity contribution in [3.8, 4) is 0 Å². The number of hydrogen-bond acceptors (Lipinski definition) is 4. The third-order valence-corrected chi connectivity index (χ3v) is 5.95. The van der Waals surface area contributed by atoms with Crippen molar-refractivity contribution >= 4 is 23.2 Å². The number of aromatic nitrogens is 3. The number of ether oxygens (including phenoxy) is 1. The summed E-state index contributed by atoms with van der Waals surface area (Å²) in [5.41, 5.74) is 2.80. The number of alkyl carbamates (subject to hydrolysis) is 1. The molecule has 0 saturated heterocycles. The van der Waals surface area contributed by atoms with Gasteiger partial charge in [0, 0.05) is 24.9 Å². The molecule has 1 amide bonds. The van der Waals surface area contributed by atoms with E-state index in [0.717, 1.165) is 48.3 Å². The lowest BCUT2D eigenvalue weighted by atomic mass is 9.81. The predicted octanol–water partition coefficient (Wildman–Crippen LogP) is 5.92. The average Bonchev–Trinajstić information content (AvgIpc) is 3.16. The largest absolute Gasteiger partial charge is 0.445 e. The summed E-state index contributed by atoms with van der Waals surface area (Å²) < 4.78 is 7.37. The number of halogens is 1. The van der Waals surface area contributed by atoms with E-state index < -0.39 is 0 Å². The van der Waals surface area contributed by atoms with Gasteiger partial charge in [0.2, 0.25) is 0 Å². The van der Waals surface area contributed by atoms with Gasteiger partial charge in [0.15, 0.2) is 5.15 Å². The summed E-state index contributed by atoms with van der Waals surface area (Å²) in [6.07, 6.45) is 7.50. The molecule has 4 rings (SSSR count). The van der Waals surface area contributed by atoms with Crippen molar-refractivity contribution in [3.05, 3.63) is 65.0 Å². The summed E-state index contributed by atoms with van der Waals surface area (Å²) in [5.74, 6) is 1.93. The molecule has 31 heavy (non-hydrogen) atoms. The fourth-order valence-electron chi connectivity index (χ4n) is 4.11. The van der Waals surface area contributed by atoms with Gasteiger partial charge >= 0.3 is 6.09 Å². The molecule has 2 aromatic heterocycles. The van der Waals surface area contributed by atoms with E-state index >= 15 is 0 Å². The summed E-state index contributed by atoms with van der Waals surface area (Å²) in [5, 5.41) is 3.41. The Morgan fingerprint density at radius 1 is 1.19 bits per heavy atom. The molecule has 6 nitrogen and oxygen atoms in total. The van der Waals surface area contributed by atoms with Crippen LogP contribution in [0.5, 0.6) is 0 Å². The minimum Gasteiger partial charge on any atom is -0.445 e. The minimum atomic E-state index is -0.354. The zero-order valence-electron chi connectivity index (χ0n) is 18.5. The van der Waals surface area contributed by atoms with Crippen LogP contribution in [0.2, 0.25) is 5.15 Å². The molecule has 0 bridgehead atoms. The van der Waals surface area contributed by atoms with Crippen molar-refractivity contribution in [2.75, 3.05) is 6.54 Å². The summed E-state index contributed by atoms with van der Waals surface area (Å²) in [4.78, 5) is 20.9. The molecular weight excluding hydrogens is 412 g/mol. The lowest BCUT2D eigenvalue weighted by molar-refractivity contribution is 0.136. The zero-order valence-corrected chi connectivity index (χ0v) is 19.2. The maximum atomic E-state index is 12.0. The fourth-order valence-corrected chi connectivity index (χ4v) is 4.39. The summed E-state index contributed by atoms with van der Waals surface area (Å²) in [6.45, 7) is 6.92. The standard InChI is InChI=1S/C22H25ClN4O2.C2H6/c1-15-19-20(23)24-11-12-27(19)21(26-15)18-9-7-16(8-10-18)13-25-22(28)29-14-17-5-3-2-4-6-17;1-2/h2-6,11-12,16,18H,7-10,13-14H2,1H3,(H,25,28);1-2H3. The summed E-state index contributed by atoms with van der Waals surface area (Å²) >= 11 is 6.25. The van der Waals surface area contributed by atoms with E-state index in [1.807, 2.05) is 57.3 Å². The highest BCUT2D eigenvalue weighted by molar-refractivity contribution is 6.32. The maximum Gasteiger partial charge on any atom is 0.407 e. The van der Waals surface area contributed by atoms with Crippen LogP contribution in [-0.2, 0) is 11.3 Å². The molecule has 0 spiro atoms. The molecule has 1 saturated carbocycles. The maximum absolute atomic E-state index is 12.0. The van der Waals surface area contributed by atoms with E-state index in [9.17, 15) is 4.79 Å². The fraction of sp³-hybridized carbons (Fsp3) is 0.458. The van der Waals surface area contributed by atoms with E-state index in [-0.39, 0.29) is 6.09 Å². The van der Waals surface area contributed by atoms with Crippen LogP contribution in [0.1, 0.15) is 62.5 Å². The lowest BCUT2D eigenvalue weighted by Gasteiger charge is -2.27. The number of benzene rings is 1. The quantitative estimate of drug-likeness (QED) is 0.532. The molecule has 2 heterocycles. The Morgan fingerprint density at radius 3 is 2.61 bits per heavy atom. The number of aryl methyl sites for hydroxylation is 1. The van der Waals surface area contributed by atoms with Gasteiger partial charge < -0.3 is 10.1 Å².